The summed E-state index contributed by atoms with van der Waals surface area (Å²) in [5, 5.41) is 2.85. The number of hydrogen-bond acceptors (Lipinski definition) is 4. The Morgan fingerprint density at radius 1 is 1.21 bits per heavy atom. The van der Waals surface area contributed by atoms with E-state index in [0.29, 0.717) is 24.8 Å². The first-order valence-corrected chi connectivity index (χ1v) is 9.71. The molecule has 0 aromatic carbocycles. The fourth-order valence-corrected chi connectivity index (χ4v) is 4.40. The van der Waals surface area contributed by atoms with Gasteiger partial charge in [0.2, 0.25) is 11.8 Å². The van der Waals surface area contributed by atoms with Crippen molar-refractivity contribution in [1.29, 1.82) is 0 Å². The van der Waals surface area contributed by atoms with Crippen LogP contribution in [0, 0.1) is 17.8 Å². The molecule has 2 aliphatic carbocycles. The number of nitrogens with zero attached hydrogens (tertiary/aromatic N) is 2. The average molecular weight is 431 g/mol. The molecule has 158 valence electrons. The van der Waals surface area contributed by atoms with Crippen LogP contribution in [0.15, 0.2) is 24.4 Å². The van der Waals surface area contributed by atoms with E-state index in [1.54, 1.807) is 18.1 Å². The lowest BCUT2D eigenvalue weighted by Gasteiger charge is -2.43. The maximum atomic E-state index is 12.5. The van der Waals surface area contributed by atoms with Crippen LogP contribution in [0.1, 0.15) is 37.8 Å². The first-order valence-electron chi connectivity index (χ1n) is 9.71. The number of hydrogen-bond donors (Lipinski definition) is 2. The van der Waals surface area contributed by atoms with Crippen molar-refractivity contribution in [1.82, 2.24) is 15.2 Å². The molecule has 0 saturated heterocycles. The molecular weight excluding hydrogens is 399 g/mol. The largest absolute Gasteiger partial charge is 0.347 e. The molecule has 2 amide bonds. The Bertz CT molecular complexity index is 618. The minimum atomic E-state index is -0.0676. The number of amides is 2. The first kappa shape index (κ1) is 24.7. The van der Waals surface area contributed by atoms with Gasteiger partial charge >= 0.3 is 0 Å². The van der Waals surface area contributed by atoms with Crippen molar-refractivity contribution in [2.45, 2.75) is 44.6 Å². The van der Waals surface area contributed by atoms with Crippen LogP contribution in [0.25, 0.3) is 0 Å². The number of carbonyl (C=O) groups is 2. The van der Waals surface area contributed by atoms with E-state index >= 15 is 0 Å². The van der Waals surface area contributed by atoms with Crippen molar-refractivity contribution in [2.24, 2.45) is 23.5 Å². The molecule has 1 heterocycles. The number of rotatable bonds is 6. The van der Waals surface area contributed by atoms with Crippen LogP contribution in [-0.2, 0) is 16.0 Å². The Kier molecular flexibility index (Phi) is 10.2. The Morgan fingerprint density at radius 2 is 1.89 bits per heavy atom. The monoisotopic (exact) mass is 430 g/mol. The number of nitrogens with one attached hydrogen (secondary N) is 1. The maximum absolute atomic E-state index is 12.5. The molecule has 2 unspecified atom stereocenters. The molecule has 8 heteroatoms. The third kappa shape index (κ3) is 6.33. The molecule has 2 atom stereocenters. The van der Waals surface area contributed by atoms with Gasteiger partial charge in [0.05, 0.1) is 6.54 Å². The molecule has 2 saturated carbocycles. The van der Waals surface area contributed by atoms with Crippen molar-refractivity contribution >= 4 is 36.6 Å². The van der Waals surface area contributed by atoms with Gasteiger partial charge in [0.25, 0.3) is 0 Å². The second-order valence-corrected chi connectivity index (χ2v) is 7.80. The van der Waals surface area contributed by atoms with Crippen LogP contribution in [-0.4, -0.2) is 47.9 Å². The second kappa shape index (κ2) is 11.6. The number of fused-ring (bicyclic) bond motifs is 2. The Hall–Kier alpha value is -1.37. The summed E-state index contributed by atoms with van der Waals surface area (Å²) in [7, 11) is 1.77. The van der Waals surface area contributed by atoms with Crippen LogP contribution in [0.2, 0.25) is 0 Å². The highest BCUT2D eigenvalue weighted by Crippen LogP contribution is 2.41. The molecular formula is C20H32Cl2N4O2. The summed E-state index contributed by atoms with van der Waals surface area (Å²) in [5.74, 6) is 0.893. The maximum Gasteiger partial charge on any atom is 0.241 e. The van der Waals surface area contributed by atoms with E-state index in [2.05, 4.69) is 10.3 Å². The Balaban J connectivity index is 0.00000196. The molecule has 6 nitrogen and oxygen atoms in total. The van der Waals surface area contributed by atoms with E-state index in [9.17, 15) is 9.59 Å². The summed E-state index contributed by atoms with van der Waals surface area (Å²) < 4.78 is 0. The molecule has 2 bridgehead atoms. The third-order valence-corrected chi connectivity index (χ3v) is 6.05. The normalized spacial score (nSPS) is 25.6. The van der Waals surface area contributed by atoms with Gasteiger partial charge < -0.3 is 16.0 Å². The lowest BCUT2D eigenvalue weighted by atomic mass is 9.65. The molecule has 3 rings (SSSR count). The SMILES string of the molecule is CN(CCc1ccccn1)C(=O)CNC(=O)C1CC2CCCC(C1)C2N.Cl.Cl. The number of nitrogens with two attached hydrogens (primary N) is 1. The lowest BCUT2D eigenvalue weighted by Crippen LogP contribution is -2.50. The fourth-order valence-electron chi connectivity index (χ4n) is 4.40. The van der Waals surface area contributed by atoms with Crippen LogP contribution in [0.4, 0.5) is 0 Å². The molecule has 0 radical (unpaired) electrons. The van der Waals surface area contributed by atoms with Crippen molar-refractivity contribution < 1.29 is 9.59 Å². The van der Waals surface area contributed by atoms with E-state index in [4.69, 9.17) is 5.73 Å². The molecule has 0 aliphatic heterocycles. The molecule has 3 N–H and O–H groups in total. The lowest BCUT2D eigenvalue weighted by molar-refractivity contribution is -0.134. The highest BCUT2D eigenvalue weighted by Gasteiger charge is 2.40. The van der Waals surface area contributed by atoms with E-state index in [0.717, 1.165) is 31.4 Å². The van der Waals surface area contributed by atoms with E-state index < -0.39 is 0 Å². The quantitative estimate of drug-likeness (QED) is 0.723. The van der Waals surface area contributed by atoms with Gasteiger partial charge in [-0.05, 0) is 49.7 Å². The van der Waals surface area contributed by atoms with Crippen molar-refractivity contribution in [3.05, 3.63) is 30.1 Å². The van der Waals surface area contributed by atoms with Crippen LogP contribution in [0.5, 0.6) is 0 Å². The van der Waals surface area contributed by atoms with Crippen molar-refractivity contribution in [2.75, 3.05) is 20.1 Å². The standard InChI is InChI=1S/C20H30N4O2.2ClH/c1-24(10-8-17-7-2-3-9-22-17)18(25)13-23-20(26)16-11-14-5-4-6-15(12-16)19(14)21;;/h2-3,7,9,14-16,19H,4-6,8,10-13,21H2,1H3,(H,23,26);2*1H. The van der Waals surface area contributed by atoms with Crippen LogP contribution in [0.3, 0.4) is 0 Å². The predicted octanol–water partition coefficient (Wildman–Crippen LogP) is 2.20. The van der Waals surface area contributed by atoms with Gasteiger partial charge in [-0.3, -0.25) is 14.6 Å². The minimum absolute atomic E-state index is 0. The van der Waals surface area contributed by atoms with Gasteiger partial charge in [0.1, 0.15) is 0 Å². The van der Waals surface area contributed by atoms with E-state index in [-0.39, 0.29) is 55.1 Å². The third-order valence-electron chi connectivity index (χ3n) is 6.05. The van der Waals surface area contributed by atoms with Gasteiger partial charge in [0, 0.05) is 43.9 Å². The summed E-state index contributed by atoms with van der Waals surface area (Å²) in [5.41, 5.74) is 7.25. The molecule has 2 fully saturated rings. The zero-order valence-electron chi connectivity index (χ0n) is 16.4. The molecule has 1 aromatic heterocycles. The summed E-state index contributed by atoms with van der Waals surface area (Å²) in [6.07, 6.45) is 7.70. The van der Waals surface area contributed by atoms with Crippen LogP contribution < -0.4 is 11.1 Å². The number of aromatic nitrogens is 1. The van der Waals surface area contributed by atoms with Crippen molar-refractivity contribution in [3.8, 4) is 0 Å². The molecule has 0 spiro atoms. The summed E-state index contributed by atoms with van der Waals surface area (Å²) in [6.45, 7) is 0.656. The Labute approximate surface area is 179 Å². The van der Waals surface area contributed by atoms with Gasteiger partial charge in [-0.25, -0.2) is 0 Å². The van der Waals surface area contributed by atoms with E-state index in [1.807, 2.05) is 18.2 Å². The van der Waals surface area contributed by atoms with Gasteiger partial charge in [-0.2, -0.15) is 0 Å². The van der Waals surface area contributed by atoms with Gasteiger partial charge in [-0.15, -0.1) is 24.8 Å². The van der Waals surface area contributed by atoms with Gasteiger partial charge in [-0.1, -0.05) is 12.5 Å². The highest BCUT2D eigenvalue weighted by atomic mass is 35.5. The minimum Gasteiger partial charge on any atom is -0.347 e. The number of halogens is 2. The number of carbonyl (C=O) groups excluding carboxylic acids is 2. The number of likely N-dealkylation sites (N-methyl/N-ethyl adjacent to an activating group) is 1. The fraction of sp³-hybridized carbons (Fsp3) is 0.650. The van der Waals surface area contributed by atoms with Crippen molar-refractivity contribution in [3.63, 3.8) is 0 Å². The van der Waals surface area contributed by atoms with Gasteiger partial charge in [0.15, 0.2) is 0 Å². The average Bonchev–Trinajstić information content (AvgIpc) is 2.64. The molecule has 2 aliphatic rings. The van der Waals surface area contributed by atoms with E-state index in [1.165, 1.54) is 6.42 Å². The first-order chi connectivity index (χ1) is 12.5. The van der Waals surface area contributed by atoms with Crippen LogP contribution >= 0.6 is 24.8 Å². The highest BCUT2D eigenvalue weighted by molar-refractivity contribution is 5.86. The molecule has 1 aromatic rings. The number of pyridine rings is 1. The predicted molar refractivity (Wildman–Crippen MR) is 115 cm³/mol. The topological polar surface area (TPSA) is 88.3 Å². The zero-order valence-corrected chi connectivity index (χ0v) is 18.0. The Morgan fingerprint density at radius 3 is 2.50 bits per heavy atom. The smallest absolute Gasteiger partial charge is 0.241 e. The summed E-state index contributed by atoms with van der Waals surface area (Å²) in [4.78, 5) is 30.7. The zero-order chi connectivity index (χ0) is 18.5. The second-order valence-electron chi connectivity index (χ2n) is 7.80. The molecule has 28 heavy (non-hydrogen) atoms. The summed E-state index contributed by atoms with van der Waals surface area (Å²) in [6, 6.07) is 6.02. The summed E-state index contributed by atoms with van der Waals surface area (Å²) >= 11 is 0.